The van der Waals surface area contributed by atoms with Crippen molar-refractivity contribution < 1.29 is 10.2 Å². The van der Waals surface area contributed by atoms with Gasteiger partial charge in [-0.3, -0.25) is 0 Å². The molecule has 0 heterocycles. The third-order valence-corrected chi connectivity index (χ3v) is 4.05. The molecule has 0 saturated heterocycles. The summed E-state index contributed by atoms with van der Waals surface area (Å²) in [5, 5.41) is 20.5. The van der Waals surface area contributed by atoms with E-state index >= 15 is 0 Å². The molecule has 0 saturated carbocycles. The fourth-order valence-corrected chi connectivity index (χ4v) is 2.68. The third kappa shape index (κ3) is 4.03. The van der Waals surface area contributed by atoms with Gasteiger partial charge in [0.05, 0.1) is 0 Å². The molecule has 118 valence electrons. The Bertz CT molecular complexity index is 562. The standard InChI is InChI=1S/C20H26O2/c1-3-5-7-15-9-11-17(19(21)13-15)18-12-10-16(8-6-4-2)14-20(18)22/h9-14,21-22H,3-8H2,1-2H3. The van der Waals surface area contributed by atoms with Crippen molar-refractivity contribution in [3.8, 4) is 22.6 Å². The van der Waals surface area contributed by atoms with Crippen LogP contribution < -0.4 is 0 Å². The van der Waals surface area contributed by atoms with E-state index < -0.39 is 0 Å². The van der Waals surface area contributed by atoms with Crippen molar-refractivity contribution in [2.24, 2.45) is 0 Å². The maximum atomic E-state index is 10.3. The van der Waals surface area contributed by atoms with E-state index in [2.05, 4.69) is 13.8 Å². The van der Waals surface area contributed by atoms with Crippen LogP contribution in [0.4, 0.5) is 0 Å². The van der Waals surface area contributed by atoms with E-state index in [4.69, 9.17) is 0 Å². The summed E-state index contributed by atoms with van der Waals surface area (Å²) in [7, 11) is 0. The Morgan fingerprint density at radius 1 is 0.682 bits per heavy atom. The van der Waals surface area contributed by atoms with Crippen LogP contribution in [0.5, 0.6) is 11.5 Å². The van der Waals surface area contributed by atoms with Crippen molar-refractivity contribution in [1.29, 1.82) is 0 Å². The van der Waals surface area contributed by atoms with E-state index in [0.29, 0.717) is 11.1 Å². The largest absolute Gasteiger partial charge is 0.507 e. The number of phenolic OH excluding ortho intramolecular Hbond substituents is 2. The minimum atomic E-state index is 0.241. The van der Waals surface area contributed by atoms with Gasteiger partial charge in [-0.1, -0.05) is 51.0 Å². The second kappa shape index (κ2) is 7.88. The quantitative estimate of drug-likeness (QED) is 0.713. The van der Waals surface area contributed by atoms with Crippen LogP contribution in [0.3, 0.4) is 0 Å². The summed E-state index contributed by atoms with van der Waals surface area (Å²) in [4.78, 5) is 0. The SMILES string of the molecule is CCCCc1ccc(-c2ccc(CCCC)cc2O)c(O)c1. The van der Waals surface area contributed by atoms with E-state index in [9.17, 15) is 10.2 Å². The predicted molar refractivity (Wildman–Crippen MR) is 92.4 cm³/mol. The molecule has 2 heteroatoms. The highest BCUT2D eigenvalue weighted by atomic mass is 16.3. The Kier molecular flexibility index (Phi) is 5.88. The van der Waals surface area contributed by atoms with Crippen molar-refractivity contribution in [2.75, 3.05) is 0 Å². The molecule has 2 N–H and O–H groups in total. The van der Waals surface area contributed by atoms with Gasteiger partial charge in [0.2, 0.25) is 0 Å². The first-order valence-electron chi connectivity index (χ1n) is 8.29. The van der Waals surface area contributed by atoms with Crippen molar-refractivity contribution >= 4 is 0 Å². The van der Waals surface area contributed by atoms with E-state index in [0.717, 1.165) is 49.7 Å². The number of unbranched alkanes of at least 4 members (excludes halogenated alkanes) is 2. The monoisotopic (exact) mass is 298 g/mol. The van der Waals surface area contributed by atoms with Gasteiger partial charge in [-0.05, 0) is 48.9 Å². The van der Waals surface area contributed by atoms with Crippen molar-refractivity contribution in [1.82, 2.24) is 0 Å². The molecule has 0 radical (unpaired) electrons. The highest BCUT2D eigenvalue weighted by Gasteiger charge is 2.10. The van der Waals surface area contributed by atoms with Gasteiger partial charge >= 0.3 is 0 Å². The van der Waals surface area contributed by atoms with E-state index in [1.807, 2.05) is 36.4 Å². The highest BCUT2D eigenvalue weighted by molar-refractivity contribution is 5.75. The highest BCUT2D eigenvalue weighted by Crippen LogP contribution is 2.36. The second-order valence-corrected chi connectivity index (χ2v) is 5.91. The Labute approximate surface area is 133 Å². The molecule has 0 aliphatic rings. The molecule has 0 fully saturated rings. The number of hydrogen-bond acceptors (Lipinski definition) is 2. The van der Waals surface area contributed by atoms with Gasteiger partial charge in [0.25, 0.3) is 0 Å². The molecule has 0 amide bonds. The minimum Gasteiger partial charge on any atom is -0.507 e. The summed E-state index contributed by atoms with van der Waals surface area (Å²) < 4.78 is 0. The topological polar surface area (TPSA) is 40.5 Å². The Balaban J connectivity index is 2.24. The first-order chi connectivity index (χ1) is 10.7. The summed E-state index contributed by atoms with van der Waals surface area (Å²) in [6.07, 6.45) is 6.48. The Morgan fingerprint density at radius 3 is 1.41 bits per heavy atom. The Morgan fingerprint density at radius 2 is 1.09 bits per heavy atom. The van der Waals surface area contributed by atoms with Crippen LogP contribution in [0.2, 0.25) is 0 Å². The van der Waals surface area contributed by atoms with Crippen molar-refractivity contribution in [2.45, 2.75) is 52.4 Å². The average Bonchev–Trinajstić information content (AvgIpc) is 2.52. The summed E-state index contributed by atoms with van der Waals surface area (Å²) in [5.74, 6) is 0.482. The van der Waals surface area contributed by atoms with E-state index in [1.165, 1.54) is 0 Å². The van der Waals surface area contributed by atoms with Gasteiger partial charge < -0.3 is 10.2 Å². The summed E-state index contributed by atoms with van der Waals surface area (Å²) in [6, 6.07) is 11.5. The molecule has 2 aromatic carbocycles. The molecular formula is C20H26O2. The third-order valence-electron chi connectivity index (χ3n) is 4.05. The number of hydrogen-bond donors (Lipinski definition) is 2. The molecule has 0 aliphatic heterocycles. The van der Waals surface area contributed by atoms with Crippen LogP contribution in [-0.4, -0.2) is 10.2 Å². The molecule has 2 aromatic rings. The van der Waals surface area contributed by atoms with Crippen LogP contribution >= 0.6 is 0 Å². The fourth-order valence-electron chi connectivity index (χ4n) is 2.68. The molecule has 0 aromatic heterocycles. The summed E-state index contributed by atoms with van der Waals surface area (Å²) in [6.45, 7) is 4.32. The maximum absolute atomic E-state index is 10.3. The van der Waals surface area contributed by atoms with E-state index in [1.54, 1.807) is 0 Å². The number of aromatic hydroxyl groups is 2. The minimum absolute atomic E-state index is 0.241. The molecule has 0 atom stereocenters. The number of phenols is 2. The summed E-state index contributed by atoms with van der Waals surface area (Å²) in [5.41, 5.74) is 3.67. The van der Waals surface area contributed by atoms with Crippen molar-refractivity contribution in [3.05, 3.63) is 47.5 Å². The lowest BCUT2D eigenvalue weighted by Gasteiger charge is -2.11. The molecule has 2 rings (SSSR count). The molecular weight excluding hydrogens is 272 g/mol. The first-order valence-corrected chi connectivity index (χ1v) is 8.29. The fraction of sp³-hybridized carbons (Fsp3) is 0.400. The normalized spacial score (nSPS) is 10.8. The second-order valence-electron chi connectivity index (χ2n) is 5.91. The van der Waals surface area contributed by atoms with Crippen LogP contribution in [0.15, 0.2) is 36.4 Å². The number of benzene rings is 2. The van der Waals surface area contributed by atoms with Gasteiger partial charge in [0.1, 0.15) is 11.5 Å². The zero-order valence-electron chi connectivity index (χ0n) is 13.6. The molecule has 2 nitrogen and oxygen atoms in total. The lowest BCUT2D eigenvalue weighted by atomic mass is 9.97. The zero-order valence-corrected chi connectivity index (χ0v) is 13.6. The van der Waals surface area contributed by atoms with Crippen LogP contribution in [0.25, 0.3) is 11.1 Å². The van der Waals surface area contributed by atoms with Gasteiger partial charge in [0.15, 0.2) is 0 Å². The summed E-state index contributed by atoms with van der Waals surface area (Å²) >= 11 is 0. The number of rotatable bonds is 7. The van der Waals surface area contributed by atoms with Crippen LogP contribution in [-0.2, 0) is 12.8 Å². The molecule has 22 heavy (non-hydrogen) atoms. The molecule has 0 aliphatic carbocycles. The zero-order chi connectivity index (χ0) is 15.9. The maximum Gasteiger partial charge on any atom is 0.123 e. The van der Waals surface area contributed by atoms with Crippen LogP contribution in [0.1, 0.15) is 50.7 Å². The lowest BCUT2D eigenvalue weighted by Crippen LogP contribution is -1.89. The van der Waals surface area contributed by atoms with Crippen LogP contribution in [0, 0.1) is 0 Å². The smallest absolute Gasteiger partial charge is 0.123 e. The van der Waals surface area contributed by atoms with Crippen molar-refractivity contribution in [3.63, 3.8) is 0 Å². The van der Waals surface area contributed by atoms with E-state index in [-0.39, 0.29) is 11.5 Å². The average molecular weight is 298 g/mol. The molecule has 0 bridgehead atoms. The Hall–Kier alpha value is -1.96. The number of aryl methyl sites for hydroxylation is 2. The molecule has 0 unspecified atom stereocenters. The van der Waals surface area contributed by atoms with Gasteiger partial charge in [-0.25, -0.2) is 0 Å². The first kappa shape index (κ1) is 16.4. The van der Waals surface area contributed by atoms with Gasteiger partial charge in [-0.15, -0.1) is 0 Å². The lowest BCUT2D eigenvalue weighted by molar-refractivity contribution is 0.468. The predicted octanol–water partition coefficient (Wildman–Crippen LogP) is 5.45. The van der Waals surface area contributed by atoms with Gasteiger partial charge in [-0.2, -0.15) is 0 Å². The van der Waals surface area contributed by atoms with Gasteiger partial charge in [0, 0.05) is 11.1 Å². The molecule has 0 spiro atoms.